The van der Waals surface area contributed by atoms with Crippen molar-refractivity contribution in [2.24, 2.45) is 0 Å². The smallest absolute Gasteiger partial charge is 0.251 e. The van der Waals surface area contributed by atoms with Crippen molar-refractivity contribution in [1.82, 2.24) is 10.6 Å². The third kappa shape index (κ3) is 5.55. The van der Waals surface area contributed by atoms with E-state index >= 15 is 0 Å². The van der Waals surface area contributed by atoms with E-state index in [9.17, 15) is 9.59 Å². The topological polar surface area (TPSA) is 58.2 Å². The van der Waals surface area contributed by atoms with Crippen molar-refractivity contribution in [2.75, 3.05) is 0 Å². The molecule has 2 amide bonds. The molecule has 24 heavy (non-hydrogen) atoms. The van der Waals surface area contributed by atoms with Gasteiger partial charge in [0.05, 0.1) is 0 Å². The van der Waals surface area contributed by atoms with Crippen LogP contribution in [0.25, 0.3) is 0 Å². The molecule has 6 heteroatoms. The van der Waals surface area contributed by atoms with Gasteiger partial charge in [0, 0.05) is 34.6 Å². The number of carbonyl (C=O) groups excluding carboxylic acids is 2. The number of halogens is 2. The first kappa shape index (κ1) is 18.3. The molecule has 1 unspecified atom stereocenters. The van der Waals surface area contributed by atoms with E-state index in [0.717, 1.165) is 5.56 Å². The quantitative estimate of drug-likeness (QED) is 0.818. The summed E-state index contributed by atoms with van der Waals surface area (Å²) >= 11 is 11.9. The number of rotatable bonds is 6. The Balaban J connectivity index is 1.80. The fourth-order valence-electron chi connectivity index (χ4n) is 2.16. The lowest BCUT2D eigenvalue weighted by atomic mass is 10.1. The van der Waals surface area contributed by atoms with Crippen molar-refractivity contribution in [3.05, 3.63) is 69.7 Å². The Labute approximate surface area is 151 Å². The molecule has 0 saturated carbocycles. The molecule has 0 aliphatic carbocycles. The van der Waals surface area contributed by atoms with Crippen LogP contribution in [0.3, 0.4) is 0 Å². The number of hydrogen-bond donors (Lipinski definition) is 2. The molecule has 0 bridgehead atoms. The molecule has 0 saturated heterocycles. The highest BCUT2D eigenvalue weighted by molar-refractivity contribution is 6.35. The Morgan fingerprint density at radius 1 is 1.08 bits per heavy atom. The zero-order valence-electron chi connectivity index (χ0n) is 13.2. The van der Waals surface area contributed by atoms with E-state index in [1.54, 1.807) is 49.4 Å². The maximum atomic E-state index is 12.0. The normalized spacial score (nSPS) is 11.6. The van der Waals surface area contributed by atoms with E-state index in [1.165, 1.54) is 0 Å². The van der Waals surface area contributed by atoms with Crippen LogP contribution in [0.1, 0.15) is 29.3 Å². The second-order valence-corrected chi connectivity index (χ2v) is 6.30. The van der Waals surface area contributed by atoms with Crippen LogP contribution in [0.4, 0.5) is 0 Å². The van der Waals surface area contributed by atoms with E-state index < -0.39 is 0 Å². The lowest BCUT2D eigenvalue weighted by molar-refractivity contribution is -0.121. The maximum Gasteiger partial charge on any atom is 0.251 e. The van der Waals surface area contributed by atoms with Gasteiger partial charge in [-0.15, -0.1) is 0 Å². The van der Waals surface area contributed by atoms with Crippen molar-refractivity contribution < 1.29 is 9.59 Å². The molecular formula is C18H18Cl2N2O2. The first-order valence-electron chi connectivity index (χ1n) is 7.52. The highest BCUT2D eigenvalue weighted by atomic mass is 35.5. The molecule has 2 rings (SSSR count). The van der Waals surface area contributed by atoms with E-state index in [4.69, 9.17) is 23.2 Å². The summed E-state index contributed by atoms with van der Waals surface area (Å²) in [4.78, 5) is 24.0. The molecule has 0 fully saturated rings. The van der Waals surface area contributed by atoms with E-state index in [1.807, 2.05) is 6.07 Å². The van der Waals surface area contributed by atoms with Gasteiger partial charge in [0.1, 0.15) is 0 Å². The Bertz CT molecular complexity index is 720. The Morgan fingerprint density at radius 3 is 2.46 bits per heavy atom. The van der Waals surface area contributed by atoms with Gasteiger partial charge >= 0.3 is 0 Å². The van der Waals surface area contributed by atoms with Crippen molar-refractivity contribution in [3.63, 3.8) is 0 Å². The predicted octanol–water partition coefficient (Wildman–Crippen LogP) is 3.82. The SMILES string of the molecule is CC(CC(=O)NCc1ccc(Cl)cc1Cl)NC(=O)c1ccccc1. The van der Waals surface area contributed by atoms with E-state index in [2.05, 4.69) is 10.6 Å². The second kappa shape index (κ2) is 8.71. The summed E-state index contributed by atoms with van der Waals surface area (Å²) in [6, 6.07) is 13.7. The number of amides is 2. The van der Waals surface area contributed by atoms with Gasteiger partial charge in [-0.1, -0.05) is 47.5 Å². The third-order valence-electron chi connectivity index (χ3n) is 3.40. The first-order valence-corrected chi connectivity index (χ1v) is 8.28. The second-order valence-electron chi connectivity index (χ2n) is 5.46. The van der Waals surface area contributed by atoms with Crippen LogP contribution >= 0.6 is 23.2 Å². The van der Waals surface area contributed by atoms with Crippen molar-refractivity contribution in [1.29, 1.82) is 0 Å². The lowest BCUT2D eigenvalue weighted by Gasteiger charge is -2.14. The summed E-state index contributed by atoms with van der Waals surface area (Å²) in [6.07, 6.45) is 0.184. The zero-order chi connectivity index (χ0) is 17.5. The molecule has 0 heterocycles. The molecule has 0 spiro atoms. The van der Waals surface area contributed by atoms with Gasteiger partial charge in [0.2, 0.25) is 5.91 Å². The highest BCUT2D eigenvalue weighted by Gasteiger charge is 2.13. The lowest BCUT2D eigenvalue weighted by Crippen LogP contribution is -2.37. The van der Waals surface area contributed by atoms with Gasteiger partial charge in [-0.05, 0) is 36.8 Å². The predicted molar refractivity (Wildman–Crippen MR) is 96.3 cm³/mol. The highest BCUT2D eigenvalue weighted by Crippen LogP contribution is 2.20. The van der Waals surface area contributed by atoms with Gasteiger partial charge < -0.3 is 10.6 Å². The first-order chi connectivity index (χ1) is 11.5. The van der Waals surface area contributed by atoms with Gasteiger partial charge in [-0.25, -0.2) is 0 Å². The molecule has 2 aromatic rings. The number of nitrogens with one attached hydrogen (secondary N) is 2. The standard InChI is InChI=1S/C18H18Cl2N2O2/c1-12(22-18(24)13-5-3-2-4-6-13)9-17(23)21-11-14-7-8-15(19)10-16(14)20/h2-8,10,12H,9,11H2,1H3,(H,21,23)(H,22,24). The van der Waals surface area contributed by atoms with Crippen molar-refractivity contribution >= 4 is 35.0 Å². The van der Waals surface area contributed by atoms with Crippen LogP contribution in [-0.2, 0) is 11.3 Å². The largest absolute Gasteiger partial charge is 0.352 e. The van der Waals surface area contributed by atoms with Crippen LogP contribution in [-0.4, -0.2) is 17.9 Å². The van der Waals surface area contributed by atoms with Gasteiger partial charge in [-0.3, -0.25) is 9.59 Å². The van der Waals surface area contributed by atoms with Gasteiger partial charge in [0.15, 0.2) is 0 Å². The molecule has 0 aromatic heterocycles. The van der Waals surface area contributed by atoms with Crippen molar-refractivity contribution in [2.45, 2.75) is 25.9 Å². The van der Waals surface area contributed by atoms with Crippen LogP contribution in [0.2, 0.25) is 10.0 Å². The molecule has 2 N–H and O–H groups in total. The summed E-state index contributed by atoms with van der Waals surface area (Å²) in [6.45, 7) is 2.10. The molecule has 2 aromatic carbocycles. The molecule has 0 aliphatic heterocycles. The molecule has 0 aliphatic rings. The van der Waals surface area contributed by atoms with E-state index in [-0.39, 0.29) is 24.3 Å². The third-order valence-corrected chi connectivity index (χ3v) is 3.98. The van der Waals surface area contributed by atoms with Gasteiger partial charge in [-0.2, -0.15) is 0 Å². The van der Waals surface area contributed by atoms with Crippen LogP contribution in [0.5, 0.6) is 0 Å². The zero-order valence-corrected chi connectivity index (χ0v) is 14.7. The minimum Gasteiger partial charge on any atom is -0.352 e. The fraction of sp³-hybridized carbons (Fsp3) is 0.222. The van der Waals surface area contributed by atoms with E-state index in [0.29, 0.717) is 22.2 Å². The molecule has 4 nitrogen and oxygen atoms in total. The molecular weight excluding hydrogens is 347 g/mol. The van der Waals surface area contributed by atoms with Gasteiger partial charge in [0.25, 0.3) is 5.91 Å². The minimum atomic E-state index is -0.279. The average molecular weight is 365 g/mol. The van der Waals surface area contributed by atoms with Crippen LogP contribution in [0.15, 0.2) is 48.5 Å². The summed E-state index contributed by atoms with van der Waals surface area (Å²) in [5.41, 5.74) is 1.35. The molecule has 0 radical (unpaired) electrons. The Morgan fingerprint density at radius 2 is 1.79 bits per heavy atom. The number of hydrogen-bond acceptors (Lipinski definition) is 2. The maximum absolute atomic E-state index is 12.0. The fourth-order valence-corrected chi connectivity index (χ4v) is 2.63. The average Bonchev–Trinajstić information content (AvgIpc) is 2.54. The number of benzene rings is 2. The van der Waals surface area contributed by atoms with Crippen LogP contribution < -0.4 is 10.6 Å². The Kier molecular flexibility index (Phi) is 6.64. The summed E-state index contributed by atoms with van der Waals surface area (Å²) in [5, 5.41) is 6.64. The number of carbonyl (C=O) groups is 2. The molecule has 126 valence electrons. The monoisotopic (exact) mass is 364 g/mol. The Hall–Kier alpha value is -2.04. The summed E-state index contributed by atoms with van der Waals surface area (Å²) < 4.78 is 0. The summed E-state index contributed by atoms with van der Waals surface area (Å²) in [7, 11) is 0. The summed E-state index contributed by atoms with van der Waals surface area (Å²) in [5.74, 6) is -0.362. The van der Waals surface area contributed by atoms with Crippen molar-refractivity contribution in [3.8, 4) is 0 Å². The van der Waals surface area contributed by atoms with Crippen LogP contribution in [0, 0.1) is 0 Å². The minimum absolute atomic E-state index is 0.165. The molecule has 1 atom stereocenters.